The highest BCUT2D eigenvalue weighted by Crippen LogP contribution is 2.36. The Morgan fingerprint density at radius 1 is 1.18 bits per heavy atom. The number of fused-ring (bicyclic) bond motifs is 1. The maximum atomic E-state index is 13.8. The number of imidazole rings is 1. The first-order chi connectivity index (χ1) is 15.9. The van der Waals surface area contributed by atoms with Gasteiger partial charge in [-0.3, -0.25) is 4.79 Å². The summed E-state index contributed by atoms with van der Waals surface area (Å²) in [6.07, 6.45) is 2.28. The predicted molar refractivity (Wildman–Crippen MR) is 127 cm³/mol. The van der Waals surface area contributed by atoms with E-state index in [1.807, 2.05) is 61.2 Å². The molecule has 1 amide bonds. The van der Waals surface area contributed by atoms with E-state index in [0.29, 0.717) is 30.0 Å². The Labute approximate surface area is 192 Å². The van der Waals surface area contributed by atoms with E-state index in [4.69, 9.17) is 9.72 Å². The number of likely N-dealkylation sites (tertiary alicyclic amines) is 1. The van der Waals surface area contributed by atoms with Gasteiger partial charge >= 0.3 is 0 Å². The van der Waals surface area contributed by atoms with Gasteiger partial charge in [-0.05, 0) is 38.5 Å². The summed E-state index contributed by atoms with van der Waals surface area (Å²) in [6, 6.07) is 13.5. The van der Waals surface area contributed by atoms with Crippen LogP contribution in [0.25, 0.3) is 22.3 Å². The zero-order valence-corrected chi connectivity index (χ0v) is 18.9. The summed E-state index contributed by atoms with van der Waals surface area (Å²) in [7, 11) is 1.63. The van der Waals surface area contributed by atoms with Crippen molar-refractivity contribution in [2.75, 3.05) is 13.7 Å². The van der Waals surface area contributed by atoms with Crippen molar-refractivity contribution in [1.82, 2.24) is 24.8 Å². The molecule has 1 fully saturated rings. The molecule has 2 aromatic carbocycles. The molecule has 166 valence electrons. The molecule has 1 saturated heterocycles. The van der Waals surface area contributed by atoms with Crippen LogP contribution in [0.2, 0.25) is 0 Å². The average Bonchev–Trinajstić information content (AvgIpc) is 3.41. The minimum Gasteiger partial charge on any atom is -0.497 e. The van der Waals surface area contributed by atoms with Gasteiger partial charge in [-0.25, -0.2) is 15.0 Å². The van der Waals surface area contributed by atoms with Crippen LogP contribution in [-0.2, 0) is 0 Å². The van der Waals surface area contributed by atoms with Gasteiger partial charge in [-0.1, -0.05) is 35.9 Å². The van der Waals surface area contributed by atoms with Crippen LogP contribution in [0.3, 0.4) is 0 Å². The minimum absolute atomic E-state index is 0.131. The topological polar surface area (TPSA) is 84.0 Å². The number of amides is 1. The van der Waals surface area contributed by atoms with Crippen LogP contribution < -0.4 is 4.74 Å². The van der Waals surface area contributed by atoms with Gasteiger partial charge in [0.15, 0.2) is 0 Å². The highest BCUT2D eigenvalue weighted by molar-refractivity contribution is 6.00. The molecule has 1 N–H and O–H groups in total. The SMILES string of the molecule is C=C1C[C@@H](c2nc3cc(OC)ccc3[nH]2)N(C(=O)c2cnc(C)nc2-c2cccc(C)c2)C1. The molecule has 33 heavy (non-hydrogen) atoms. The van der Waals surface area contributed by atoms with E-state index < -0.39 is 0 Å². The average molecular weight is 440 g/mol. The van der Waals surface area contributed by atoms with Crippen molar-refractivity contribution in [1.29, 1.82) is 0 Å². The molecule has 0 radical (unpaired) electrons. The summed E-state index contributed by atoms with van der Waals surface area (Å²) in [5, 5.41) is 0. The number of benzene rings is 2. The summed E-state index contributed by atoms with van der Waals surface area (Å²) in [4.78, 5) is 32.7. The van der Waals surface area contributed by atoms with Crippen molar-refractivity contribution in [3.8, 4) is 17.0 Å². The monoisotopic (exact) mass is 439 g/mol. The van der Waals surface area contributed by atoms with E-state index in [0.717, 1.165) is 39.3 Å². The molecule has 3 heterocycles. The first-order valence-corrected chi connectivity index (χ1v) is 10.8. The molecular weight excluding hydrogens is 414 g/mol. The van der Waals surface area contributed by atoms with Gasteiger partial charge in [-0.2, -0.15) is 0 Å². The van der Waals surface area contributed by atoms with Crippen molar-refractivity contribution < 1.29 is 9.53 Å². The van der Waals surface area contributed by atoms with Crippen molar-refractivity contribution in [2.45, 2.75) is 26.3 Å². The van der Waals surface area contributed by atoms with Gasteiger partial charge in [0.05, 0.1) is 35.4 Å². The third-order valence-electron chi connectivity index (χ3n) is 5.97. The lowest BCUT2D eigenvalue weighted by atomic mass is 10.0. The lowest BCUT2D eigenvalue weighted by Crippen LogP contribution is -2.32. The van der Waals surface area contributed by atoms with Crippen LogP contribution in [0, 0.1) is 13.8 Å². The van der Waals surface area contributed by atoms with Crippen molar-refractivity contribution in [3.63, 3.8) is 0 Å². The number of nitrogens with zero attached hydrogens (tertiary/aromatic N) is 4. The fourth-order valence-electron chi connectivity index (χ4n) is 4.34. The number of aryl methyl sites for hydroxylation is 2. The zero-order chi connectivity index (χ0) is 23.1. The first-order valence-electron chi connectivity index (χ1n) is 10.8. The summed E-state index contributed by atoms with van der Waals surface area (Å²) < 4.78 is 5.32. The smallest absolute Gasteiger partial charge is 0.258 e. The number of aromatic amines is 1. The number of methoxy groups -OCH3 is 1. The minimum atomic E-state index is -0.241. The van der Waals surface area contributed by atoms with Crippen LogP contribution in [0.1, 0.15) is 40.0 Å². The van der Waals surface area contributed by atoms with Gasteiger partial charge in [0.1, 0.15) is 17.4 Å². The van der Waals surface area contributed by atoms with E-state index in [1.54, 1.807) is 13.3 Å². The van der Waals surface area contributed by atoms with E-state index in [1.165, 1.54) is 0 Å². The molecule has 5 rings (SSSR count). The number of aromatic nitrogens is 4. The summed E-state index contributed by atoms with van der Waals surface area (Å²) in [6.45, 7) is 8.47. The molecule has 1 aliphatic rings. The number of rotatable bonds is 4. The summed E-state index contributed by atoms with van der Waals surface area (Å²) in [5.41, 5.74) is 5.80. The lowest BCUT2D eigenvalue weighted by molar-refractivity contribution is 0.0733. The number of H-pyrrole nitrogens is 1. The first kappa shape index (κ1) is 20.9. The van der Waals surface area contributed by atoms with Gasteiger partial charge in [-0.15, -0.1) is 0 Å². The highest BCUT2D eigenvalue weighted by Gasteiger charge is 2.36. The Morgan fingerprint density at radius 3 is 2.82 bits per heavy atom. The molecule has 0 bridgehead atoms. The molecule has 7 nitrogen and oxygen atoms in total. The molecule has 4 aromatic rings. The van der Waals surface area contributed by atoms with Crippen LogP contribution in [-0.4, -0.2) is 44.4 Å². The summed E-state index contributed by atoms with van der Waals surface area (Å²) >= 11 is 0. The molecular formula is C26H25N5O2. The normalized spacial score (nSPS) is 15.9. The molecule has 7 heteroatoms. The molecule has 1 atom stereocenters. The zero-order valence-electron chi connectivity index (χ0n) is 18.9. The van der Waals surface area contributed by atoms with Gasteiger partial charge < -0.3 is 14.6 Å². The standard InChI is InChI=1S/C26H25N5O2/c1-15-6-5-7-18(10-15)24-20(13-27-17(3)28-24)26(32)31-14-16(2)11-23(31)25-29-21-9-8-19(33-4)12-22(21)30-25/h5-10,12-13,23H,2,11,14H2,1,3-4H3,(H,29,30)/t23-/m0/s1. The maximum Gasteiger partial charge on any atom is 0.258 e. The third kappa shape index (κ3) is 3.86. The third-order valence-corrected chi connectivity index (χ3v) is 5.97. The quantitative estimate of drug-likeness (QED) is 0.462. The predicted octanol–water partition coefficient (Wildman–Crippen LogP) is 4.79. The Kier molecular flexibility index (Phi) is 5.17. The Hall–Kier alpha value is -4.00. The number of carbonyl (C=O) groups is 1. The largest absolute Gasteiger partial charge is 0.497 e. The lowest BCUT2D eigenvalue weighted by Gasteiger charge is -2.23. The van der Waals surface area contributed by atoms with Crippen molar-refractivity contribution >= 4 is 16.9 Å². The maximum absolute atomic E-state index is 13.8. The second-order valence-corrected chi connectivity index (χ2v) is 8.46. The molecule has 2 aromatic heterocycles. The number of carbonyl (C=O) groups excluding carboxylic acids is 1. The fourth-order valence-corrected chi connectivity index (χ4v) is 4.34. The fraction of sp³-hybridized carbons (Fsp3) is 0.231. The second-order valence-electron chi connectivity index (χ2n) is 8.46. The van der Waals surface area contributed by atoms with E-state index in [2.05, 4.69) is 21.5 Å². The Morgan fingerprint density at radius 2 is 2.03 bits per heavy atom. The number of nitrogens with one attached hydrogen (secondary N) is 1. The van der Waals surface area contributed by atoms with E-state index in [9.17, 15) is 4.79 Å². The number of hydrogen-bond donors (Lipinski definition) is 1. The van der Waals surface area contributed by atoms with Gasteiger partial charge in [0.2, 0.25) is 0 Å². The molecule has 1 aliphatic heterocycles. The Balaban J connectivity index is 1.55. The van der Waals surface area contributed by atoms with Gasteiger partial charge in [0.25, 0.3) is 5.91 Å². The number of hydrogen-bond acceptors (Lipinski definition) is 5. The van der Waals surface area contributed by atoms with Crippen LogP contribution in [0.4, 0.5) is 0 Å². The van der Waals surface area contributed by atoms with Gasteiger partial charge in [0, 0.05) is 24.4 Å². The van der Waals surface area contributed by atoms with Crippen LogP contribution in [0.15, 0.2) is 60.8 Å². The van der Waals surface area contributed by atoms with E-state index >= 15 is 0 Å². The Bertz CT molecular complexity index is 1390. The molecule has 0 unspecified atom stereocenters. The number of ether oxygens (including phenoxy) is 1. The molecule has 0 spiro atoms. The molecule has 0 aliphatic carbocycles. The van der Waals surface area contributed by atoms with Crippen molar-refractivity contribution in [2.24, 2.45) is 0 Å². The highest BCUT2D eigenvalue weighted by atomic mass is 16.5. The summed E-state index contributed by atoms with van der Waals surface area (Å²) in [5.74, 6) is 1.96. The molecule has 0 saturated carbocycles. The van der Waals surface area contributed by atoms with E-state index in [-0.39, 0.29) is 11.9 Å². The second kappa shape index (κ2) is 8.16. The van der Waals surface area contributed by atoms with Crippen LogP contribution >= 0.6 is 0 Å². The van der Waals surface area contributed by atoms with Crippen LogP contribution in [0.5, 0.6) is 5.75 Å². The van der Waals surface area contributed by atoms with Crippen molar-refractivity contribution in [3.05, 3.63) is 83.6 Å².